The fourth-order valence-electron chi connectivity index (χ4n) is 3.45. The molecule has 0 bridgehead atoms. The lowest BCUT2D eigenvalue weighted by atomic mass is 9.94. The number of aliphatic hydroxyl groups is 1. The number of carbonyl (C=O) groups excluding carboxylic acids is 2. The second-order valence-corrected chi connectivity index (χ2v) is 6.79. The van der Waals surface area contributed by atoms with Crippen LogP contribution in [0.15, 0.2) is 82.7 Å². The highest BCUT2D eigenvalue weighted by molar-refractivity contribution is 6.20. The molecule has 31 heavy (non-hydrogen) atoms. The van der Waals surface area contributed by atoms with Crippen molar-refractivity contribution >= 4 is 17.4 Å². The fraction of sp³-hybridized carbons (Fsp3) is 0.0909. The number of nitrogens with zero attached hydrogens (tertiary/aromatic N) is 1. The molecule has 0 aliphatic carbocycles. The normalized spacial score (nSPS) is 16.8. The topological polar surface area (TPSA) is 91.0 Å². The number of ketones is 1. The van der Waals surface area contributed by atoms with E-state index in [1.165, 1.54) is 48.7 Å². The van der Waals surface area contributed by atoms with E-state index in [0.29, 0.717) is 5.56 Å². The second kappa shape index (κ2) is 7.35. The highest BCUT2D eigenvalue weighted by Gasteiger charge is 2.45. The molecule has 0 saturated carbocycles. The number of phenolic OH excluding ortho intramolecular Hbond substituents is 1. The summed E-state index contributed by atoms with van der Waals surface area (Å²) in [7, 11) is 0. The first kappa shape index (κ1) is 20.3. The van der Waals surface area contributed by atoms with Crippen molar-refractivity contribution in [2.45, 2.75) is 12.2 Å². The molecule has 2 N–H and O–H groups in total. The predicted octanol–water partition coefficient (Wildman–Crippen LogP) is 4.79. The molecular weight excluding hydrogens is 415 g/mol. The van der Waals surface area contributed by atoms with E-state index in [1.807, 2.05) is 0 Å². The molecule has 158 valence electrons. The molecule has 2 heterocycles. The Bertz CT molecular complexity index is 1180. The minimum absolute atomic E-state index is 0.0918. The Labute approximate surface area is 173 Å². The Kier molecular flexibility index (Phi) is 4.81. The summed E-state index contributed by atoms with van der Waals surface area (Å²) in [6.45, 7) is 0. The number of anilines is 1. The van der Waals surface area contributed by atoms with Crippen molar-refractivity contribution < 1.29 is 37.4 Å². The number of Topliss-reactive ketones (excluding diaryl/α,β-unsaturated/α-hetero) is 1. The summed E-state index contributed by atoms with van der Waals surface area (Å²) in [5.41, 5.74) is -1.20. The maximum atomic E-state index is 13.2. The molecule has 6 nitrogen and oxygen atoms in total. The van der Waals surface area contributed by atoms with Crippen molar-refractivity contribution in [3.63, 3.8) is 0 Å². The van der Waals surface area contributed by atoms with Crippen molar-refractivity contribution in [1.82, 2.24) is 0 Å². The number of carbonyl (C=O) groups is 2. The zero-order valence-electron chi connectivity index (χ0n) is 15.6. The molecule has 1 amide bonds. The third-order valence-corrected chi connectivity index (χ3v) is 4.86. The number of hydrogen-bond donors (Lipinski definition) is 2. The zero-order valence-corrected chi connectivity index (χ0v) is 15.6. The molecule has 0 saturated heterocycles. The third-order valence-electron chi connectivity index (χ3n) is 4.86. The van der Waals surface area contributed by atoms with Gasteiger partial charge in [-0.25, -0.2) is 0 Å². The number of benzene rings is 2. The SMILES string of the molecule is O=C(C1=C(O)C(=O)N(c2cccc(C(F)(F)F)c2)C1c1ccc(O)cc1)c1ccco1. The lowest BCUT2D eigenvalue weighted by Crippen LogP contribution is -2.31. The summed E-state index contributed by atoms with van der Waals surface area (Å²) >= 11 is 0. The molecule has 3 aromatic rings. The molecule has 1 atom stereocenters. The fourth-order valence-corrected chi connectivity index (χ4v) is 3.45. The van der Waals surface area contributed by atoms with Crippen molar-refractivity contribution in [1.29, 1.82) is 0 Å². The third kappa shape index (κ3) is 3.54. The van der Waals surface area contributed by atoms with E-state index in [0.717, 1.165) is 23.1 Å². The van der Waals surface area contributed by atoms with Crippen LogP contribution in [0.2, 0.25) is 0 Å². The number of furan rings is 1. The number of rotatable bonds is 4. The lowest BCUT2D eigenvalue weighted by molar-refractivity contribution is -0.137. The molecule has 2 aromatic carbocycles. The van der Waals surface area contributed by atoms with Gasteiger partial charge in [-0.2, -0.15) is 13.2 Å². The van der Waals surface area contributed by atoms with Crippen LogP contribution in [0.3, 0.4) is 0 Å². The Balaban J connectivity index is 1.88. The van der Waals surface area contributed by atoms with Crippen LogP contribution >= 0.6 is 0 Å². The molecule has 1 unspecified atom stereocenters. The minimum atomic E-state index is -4.66. The van der Waals surface area contributed by atoms with E-state index in [9.17, 15) is 33.0 Å². The molecule has 0 fully saturated rings. The van der Waals surface area contributed by atoms with Gasteiger partial charge in [0.2, 0.25) is 5.78 Å². The van der Waals surface area contributed by atoms with Crippen molar-refractivity contribution in [3.05, 3.63) is 95.1 Å². The van der Waals surface area contributed by atoms with Gasteiger partial charge >= 0.3 is 6.18 Å². The van der Waals surface area contributed by atoms with Crippen LogP contribution in [0.4, 0.5) is 18.9 Å². The molecule has 4 rings (SSSR count). The summed E-state index contributed by atoms with van der Waals surface area (Å²) in [4.78, 5) is 26.8. The van der Waals surface area contributed by atoms with Gasteiger partial charge in [-0.3, -0.25) is 14.5 Å². The van der Waals surface area contributed by atoms with E-state index in [1.54, 1.807) is 0 Å². The molecule has 9 heteroatoms. The lowest BCUT2D eigenvalue weighted by Gasteiger charge is -2.27. The number of aliphatic hydroxyl groups excluding tert-OH is 1. The van der Waals surface area contributed by atoms with Crippen molar-refractivity contribution in [2.75, 3.05) is 4.90 Å². The Morgan fingerprint density at radius 2 is 1.71 bits per heavy atom. The van der Waals surface area contributed by atoms with Crippen molar-refractivity contribution in [2.24, 2.45) is 0 Å². The number of amides is 1. The number of phenols is 1. The smallest absolute Gasteiger partial charge is 0.416 e. The quantitative estimate of drug-likeness (QED) is 0.582. The Morgan fingerprint density at radius 1 is 1.00 bits per heavy atom. The van der Waals surface area contributed by atoms with Gasteiger partial charge in [-0.15, -0.1) is 0 Å². The van der Waals surface area contributed by atoms with Gasteiger partial charge in [0, 0.05) is 5.69 Å². The van der Waals surface area contributed by atoms with E-state index in [2.05, 4.69) is 0 Å². The van der Waals surface area contributed by atoms with Crippen LogP contribution in [-0.4, -0.2) is 21.9 Å². The predicted molar refractivity (Wildman–Crippen MR) is 102 cm³/mol. The molecule has 1 aromatic heterocycles. The number of hydrogen-bond acceptors (Lipinski definition) is 5. The minimum Gasteiger partial charge on any atom is -0.508 e. The van der Waals surface area contributed by atoms with Gasteiger partial charge in [0.05, 0.1) is 23.4 Å². The van der Waals surface area contributed by atoms with Crippen LogP contribution in [0.25, 0.3) is 0 Å². The van der Waals surface area contributed by atoms with E-state index in [4.69, 9.17) is 4.42 Å². The standard InChI is InChI=1S/C22H14F3NO5/c23-22(24,25)13-3-1-4-14(11-13)26-18(12-6-8-15(27)9-7-12)17(20(29)21(26)30)19(28)16-5-2-10-31-16/h1-11,18,27,29H. The highest BCUT2D eigenvalue weighted by Crippen LogP contribution is 2.43. The Hall–Kier alpha value is -4.01. The average molecular weight is 429 g/mol. The van der Waals surface area contributed by atoms with Crippen molar-refractivity contribution in [3.8, 4) is 5.75 Å². The van der Waals surface area contributed by atoms with Gasteiger partial charge < -0.3 is 14.6 Å². The van der Waals surface area contributed by atoms with Crippen LogP contribution < -0.4 is 4.90 Å². The molecule has 0 radical (unpaired) electrons. The second-order valence-electron chi connectivity index (χ2n) is 6.79. The van der Waals surface area contributed by atoms with Crippen LogP contribution in [0, 0.1) is 0 Å². The first-order valence-electron chi connectivity index (χ1n) is 8.99. The number of aromatic hydroxyl groups is 1. The van der Waals surface area contributed by atoms with Gasteiger partial charge in [0.15, 0.2) is 11.5 Å². The van der Waals surface area contributed by atoms with Gasteiger partial charge in [-0.05, 0) is 48.0 Å². The van der Waals surface area contributed by atoms with Crippen LogP contribution in [-0.2, 0) is 11.0 Å². The molecule has 0 spiro atoms. The van der Waals surface area contributed by atoms with Crippen LogP contribution in [0.5, 0.6) is 5.75 Å². The van der Waals surface area contributed by atoms with E-state index < -0.39 is 35.2 Å². The molecule has 1 aliphatic heterocycles. The largest absolute Gasteiger partial charge is 0.508 e. The summed E-state index contributed by atoms with van der Waals surface area (Å²) in [5.74, 6) is -2.96. The molecule has 1 aliphatic rings. The van der Waals surface area contributed by atoms with Gasteiger partial charge in [0.1, 0.15) is 5.75 Å². The van der Waals surface area contributed by atoms with Crippen LogP contribution in [0.1, 0.15) is 27.7 Å². The first-order chi connectivity index (χ1) is 14.7. The van der Waals surface area contributed by atoms with Gasteiger partial charge in [0.25, 0.3) is 5.91 Å². The summed E-state index contributed by atoms with van der Waals surface area (Å²) in [5, 5.41) is 20.1. The maximum Gasteiger partial charge on any atom is 0.416 e. The summed E-state index contributed by atoms with van der Waals surface area (Å²) in [6.07, 6.45) is -3.42. The van der Waals surface area contributed by atoms with Gasteiger partial charge in [-0.1, -0.05) is 18.2 Å². The first-order valence-corrected chi connectivity index (χ1v) is 8.99. The maximum absolute atomic E-state index is 13.2. The number of alkyl halides is 3. The van der Waals surface area contributed by atoms with E-state index >= 15 is 0 Å². The van der Waals surface area contributed by atoms with E-state index in [-0.39, 0.29) is 22.8 Å². The number of halogens is 3. The Morgan fingerprint density at radius 3 is 2.32 bits per heavy atom. The summed E-state index contributed by atoms with van der Waals surface area (Å²) in [6, 6.07) is 11.0. The average Bonchev–Trinajstić information content (AvgIpc) is 3.35. The molecular formula is C22H14F3NO5. The summed E-state index contributed by atoms with van der Waals surface area (Å²) < 4.78 is 44.8. The highest BCUT2D eigenvalue weighted by atomic mass is 19.4. The monoisotopic (exact) mass is 429 g/mol. The zero-order chi connectivity index (χ0) is 22.3.